The molecule has 0 unspecified atom stereocenters. The van der Waals surface area contributed by atoms with Gasteiger partial charge < -0.3 is 0 Å². The highest BCUT2D eigenvalue weighted by Gasteiger charge is 1.29. The SMILES string of the molecule is C=C.C=C.C=CC=C. The molecule has 0 nitrogen and oxygen atoms in total. The highest BCUT2D eigenvalue weighted by molar-refractivity contribution is 4.88. The van der Waals surface area contributed by atoms with Crippen LogP contribution in [0.5, 0.6) is 0 Å². The van der Waals surface area contributed by atoms with Crippen molar-refractivity contribution in [1.82, 2.24) is 0 Å². The molecule has 0 heterocycles. The molecular formula is C8H14. The predicted octanol–water partition coefficient (Wildman–Crippen LogP) is 2.96. The van der Waals surface area contributed by atoms with E-state index in [4.69, 9.17) is 0 Å². The lowest BCUT2D eigenvalue weighted by molar-refractivity contribution is 2.15. The lowest BCUT2D eigenvalue weighted by Gasteiger charge is -1.44. The molecule has 0 aliphatic rings. The van der Waals surface area contributed by atoms with Crippen LogP contribution in [-0.2, 0) is 0 Å². The monoisotopic (exact) mass is 110 g/mol. The van der Waals surface area contributed by atoms with E-state index in [1.54, 1.807) is 12.2 Å². The first kappa shape index (κ1) is 15.8. The minimum atomic E-state index is 1.64. The molecular weight excluding hydrogens is 96.1 g/mol. The molecule has 0 N–H and O–H groups in total. The van der Waals surface area contributed by atoms with Crippen molar-refractivity contribution in [3.05, 3.63) is 51.6 Å². The molecule has 0 aliphatic heterocycles. The first-order valence-corrected chi connectivity index (χ1v) is 2.15. The van der Waals surface area contributed by atoms with Crippen molar-refractivity contribution >= 4 is 0 Å². The van der Waals surface area contributed by atoms with Gasteiger partial charge in [-0.2, -0.15) is 0 Å². The van der Waals surface area contributed by atoms with Crippen LogP contribution in [0.2, 0.25) is 0 Å². The number of hydrogen-bond acceptors (Lipinski definition) is 0. The summed E-state index contributed by atoms with van der Waals surface area (Å²) in [5.41, 5.74) is 0. The fourth-order valence-electron chi connectivity index (χ4n) is 0. The molecule has 0 amide bonds. The van der Waals surface area contributed by atoms with Gasteiger partial charge in [0.2, 0.25) is 0 Å². The molecule has 0 bridgehead atoms. The first-order valence-electron chi connectivity index (χ1n) is 2.15. The molecule has 0 spiro atoms. The molecule has 0 atom stereocenters. The van der Waals surface area contributed by atoms with Crippen LogP contribution in [-0.4, -0.2) is 0 Å². The largest absolute Gasteiger partial charge is 0.106 e. The Balaban J connectivity index is -0.0000000542. The van der Waals surface area contributed by atoms with E-state index in [1.807, 2.05) is 0 Å². The second kappa shape index (κ2) is 159. The van der Waals surface area contributed by atoms with Crippen LogP contribution in [0, 0.1) is 0 Å². The summed E-state index contributed by atoms with van der Waals surface area (Å²) in [4.78, 5) is 0. The Morgan fingerprint density at radius 1 is 0.625 bits per heavy atom. The molecule has 0 aromatic carbocycles. The molecule has 0 aromatic heterocycles. The maximum absolute atomic E-state index is 3.36. The van der Waals surface area contributed by atoms with Gasteiger partial charge in [0, 0.05) is 0 Å². The third-order valence-corrected chi connectivity index (χ3v) is 0.167. The summed E-state index contributed by atoms with van der Waals surface area (Å²) in [6.07, 6.45) is 3.28. The van der Waals surface area contributed by atoms with Crippen molar-refractivity contribution < 1.29 is 0 Å². The Labute approximate surface area is 52.5 Å². The van der Waals surface area contributed by atoms with Gasteiger partial charge in [0.05, 0.1) is 0 Å². The zero-order valence-electron chi connectivity index (χ0n) is 5.40. The minimum absolute atomic E-state index is 1.64. The maximum atomic E-state index is 3.36. The van der Waals surface area contributed by atoms with E-state index in [0.29, 0.717) is 0 Å². The average Bonchev–Trinajstić information content (AvgIpc) is 1.96. The van der Waals surface area contributed by atoms with Crippen LogP contribution >= 0.6 is 0 Å². The van der Waals surface area contributed by atoms with E-state index < -0.39 is 0 Å². The standard InChI is InChI=1S/C4H6.2C2H4/c1-3-4-2;2*1-2/h3-4H,1-2H2;2*1-2H2. The summed E-state index contributed by atoms with van der Waals surface area (Å²) < 4.78 is 0. The van der Waals surface area contributed by atoms with Crippen molar-refractivity contribution in [2.45, 2.75) is 0 Å². The van der Waals surface area contributed by atoms with Gasteiger partial charge in [0.15, 0.2) is 0 Å². The fourth-order valence-corrected chi connectivity index (χ4v) is 0. The molecule has 46 valence electrons. The van der Waals surface area contributed by atoms with Gasteiger partial charge in [-0.15, -0.1) is 26.3 Å². The Bertz CT molecular complexity index is 36.0. The number of hydrogen-bond donors (Lipinski definition) is 0. The maximum Gasteiger partial charge on any atom is -0.0701 e. The van der Waals surface area contributed by atoms with E-state index in [-0.39, 0.29) is 0 Å². The van der Waals surface area contributed by atoms with E-state index in [1.165, 1.54) is 0 Å². The molecule has 0 saturated carbocycles. The van der Waals surface area contributed by atoms with E-state index in [2.05, 4.69) is 39.5 Å². The smallest absolute Gasteiger partial charge is 0.0701 e. The van der Waals surface area contributed by atoms with Gasteiger partial charge in [0.1, 0.15) is 0 Å². The van der Waals surface area contributed by atoms with Gasteiger partial charge in [-0.3, -0.25) is 0 Å². The van der Waals surface area contributed by atoms with Crippen molar-refractivity contribution in [3.8, 4) is 0 Å². The van der Waals surface area contributed by atoms with Crippen LogP contribution in [0.3, 0.4) is 0 Å². The average molecular weight is 110 g/mol. The number of rotatable bonds is 1. The third-order valence-electron chi connectivity index (χ3n) is 0.167. The molecule has 0 rings (SSSR count). The van der Waals surface area contributed by atoms with Gasteiger partial charge in [-0.25, -0.2) is 0 Å². The summed E-state index contributed by atoms with van der Waals surface area (Å²) in [6.45, 7) is 18.7. The lowest BCUT2D eigenvalue weighted by Crippen LogP contribution is -1.21. The molecule has 8 heavy (non-hydrogen) atoms. The Morgan fingerprint density at radius 3 is 0.750 bits per heavy atom. The fraction of sp³-hybridized carbons (Fsp3) is 0. The molecule has 0 heteroatoms. The van der Waals surface area contributed by atoms with Crippen LogP contribution in [0.4, 0.5) is 0 Å². The third kappa shape index (κ3) is 48600. The summed E-state index contributed by atoms with van der Waals surface area (Å²) >= 11 is 0. The van der Waals surface area contributed by atoms with Crippen LogP contribution in [0.15, 0.2) is 51.6 Å². The van der Waals surface area contributed by atoms with E-state index in [0.717, 1.165) is 0 Å². The molecule has 0 aliphatic carbocycles. The normalized spacial score (nSPS) is 3.50. The first-order chi connectivity index (χ1) is 3.91. The van der Waals surface area contributed by atoms with Crippen LogP contribution in [0.25, 0.3) is 0 Å². The molecule has 0 saturated heterocycles. The highest BCUT2D eigenvalue weighted by Crippen LogP contribution is 1.52. The van der Waals surface area contributed by atoms with Crippen molar-refractivity contribution in [1.29, 1.82) is 0 Å². The van der Waals surface area contributed by atoms with Crippen molar-refractivity contribution in [2.24, 2.45) is 0 Å². The molecule has 0 fully saturated rings. The van der Waals surface area contributed by atoms with Crippen LogP contribution < -0.4 is 0 Å². The Morgan fingerprint density at radius 2 is 0.750 bits per heavy atom. The molecule has 0 radical (unpaired) electrons. The predicted molar refractivity (Wildman–Crippen MR) is 42.9 cm³/mol. The summed E-state index contributed by atoms with van der Waals surface area (Å²) in [7, 11) is 0. The summed E-state index contributed by atoms with van der Waals surface area (Å²) in [5.74, 6) is 0. The number of allylic oxidation sites excluding steroid dienone is 2. The zero-order chi connectivity index (χ0) is 7.41. The molecule has 0 aromatic rings. The van der Waals surface area contributed by atoms with Crippen molar-refractivity contribution in [3.63, 3.8) is 0 Å². The Hall–Kier alpha value is -1.04. The summed E-state index contributed by atoms with van der Waals surface area (Å²) in [6, 6.07) is 0. The van der Waals surface area contributed by atoms with Gasteiger partial charge in [0.25, 0.3) is 0 Å². The van der Waals surface area contributed by atoms with E-state index in [9.17, 15) is 0 Å². The second-order valence-corrected chi connectivity index (χ2v) is 0.471. The Kier molecular flexibility index (Phi) is 314. The minimum Gasteiger partial charge on any atom is -0.106 e. The topological polar surface area (TPSA) is 0 Å². The zero-order valence-corrected chi connectivity index (χ0v) is 5.40. The summed E-state index contributed by atoms with van der Waals surface area (Å²) in [5, 5.41) is 0. The van der Waals surface area contributed by atoms with E-state index >= 15 is 0 Å². The van der Waals surface area contributed by atoms with Crippen molar-refractivity contribution in [2.75, 3.05) is 0 Å². The highest BCUT2D eigenvalue weighted by atomic mass is 13.4. The lowest BCUT2D eigenvalue weighted by atomic mass is 10.6. The second-order valence-electron chi connectivity index (χ2n) is 0.471. The quantitative estimate of drug-likeness (QED) is 0.359. The van der Waals surface area contributed by atoms with Gasteiger partial charge in [-0.05, 0) is 0 Å². The van der Waals surface area contributed by atoms with Gasteiger partial charge >= 0.3 is 0 Å². The van der Waals surface area contributed by atoms with Crippen LogP contribution in [0.1, 0.15) is 0 Å². The van der Waals surface area contributed by atoms with Gasteiger partial charge in [-0.1, -0.05) is 25.3 Å².